The first-order valence-electron chi connectivity index (χ1n) is 5.91. The lowest BCUT2D eigenvalue weighted by Gasteiger charge is -2.16. The number of ether oxygens (including phenoxy) is 1. The summed E-state index contributed by atoms with van der Waals surface area (Å²) in [4.78, 5) is 12.3. The number of hydrogen-bond acceptors (Lipinski definition) is 3. The van der Waals surface area contributed by atoms with Crippen LogP contribution in [0, 0.1) is 13.8 Å². The topological polar surface area (TPSA) is 38.3 Å². The summed E-state index contributed by atoms with van der Waals surface area (Å²) < 4.78 is 5.25. The summed E-state index contributed by atoms with van der Waals surface area (Å²) in [5, 5.41) is 3.04. The van der Waals surface area contributed by atoms with Gasteiger partial charge in [-0.3, -0.25) is 4.79 Å². The van der Waals surface area contributed by atoms with Crippen molar-refractivity contribution in [2.45, 2.75) is 33.2 Å². The molecule has 0 heterocycles. The van der Waals surface area contributed by atoms with E-state index >= 15 is 0 Å². The second-order valence-corrected chi connectivity index (χ2v) is 4.25. The Balaban J connectivity index is 3.14. The Hall–Kier alpha value is -1.35. The molecule has 0 fully saturated rings. The molecule has 1 N–H and O–H groups in total. The van der Waals surface area contributed by atoms with E-state index in [1.54, 1.807) is 7.11 Å². The second-order valence-electron chi connectivity index (χ2n) is 4.25. The van der Waals surface area contributed by atoms with Gasteiger partial charge in [-0.1, -0.05) is 6.92 Å². The lowest BCUT2D eigenvalue weighted by molar-refractivity contribution is 0.0944. The number of rotatable bonds is 5. The summed E-state index contributed by atoms with van der Waals surface area (Å²) in [6.07, 6.45) is 0.792. The number of nitrogens with one attached hydrogen (secondary N) is 1. The number of benzene rings is 1. The first-order valence-corrected chi connectivity index (χ1v) is 5.91. The molecule has 0 spiro atoms. The highest BCUT2D eigenvalue weighted by Gasteiger charge is 2.19. The van der Waals surface area contributed by atoms with Crippen LogP contribution < -0.4 is 10.1 Å². The number of carbonyl (C=O) groups is 1. The summed E-state index contributed by atoms with van der Waals surface area (Å²) in [5.41, 5.74) is 2.74. The summed E-state index contributed by atoms with van der Waals surface area (Å²) in [6.45, 7) is 5.90. The number of likely N-dealkylation sites (N-methyl/N-ethyl adjacent to an activating group) is 1. The molecule has 0 radical (unpaired) electrons. The zero-order valence-electron chi connectivity index (χ0n) is 11.3. The minimum Gasteiger partial charge on any atom is -0.496 e. The fourth-order valence-corrected chi connectivity index (χ4v) is 1.98. The molecule has 0 aliphatic carbocycles. The van der Waals surface area contributed by atoms with Crippen molar-refractivity contribution < 1.29 is 9.53 Å². The van der Waals surface area contributed by atoms with E-state index in [2.05, 4.69) is 5.32 Å². The van der Waals surface area contributed by atoms with Crippen LogP contribution in [0.25, 0.3) is 0 Å². The first kappa shape index (κ1) is 13.7. The fraction of sp³-hybridized carbons (Fsp3) is 0.500. The number of Topliss-reactive ketones (excluding diaryl/α,β-unsaturated/α-hetero) is 1. The van der Waals surface area contributed by atoms with Crippen LogP contribution in [-0.2, 0) is 0 Å². The number of ketones is 1. The summed E-state index contributed by atoms with van der Waals surface area (Å²) in [7, 11) is 3.46. The van der Waals surface area contributed by atoms with Crippen LogP contribution in [0.3, 0.4) is 0 Å². The standard InChI is InChI=1S/C14H21NO2/c1-6-12(15-4)14(16)11-7-10(3)13(17-5)8-9(11)2/h7-8,12,15H,6H2,1-5H3. The van der Waals surface area contributed by atoms with Crippen molar-refractivity contribution in [3.63, 3.8) is 0 Å². The van der Waals surface area contributed by atoms with Gasteiger partial charge in [-0.25, -0.2) is 0 Å². The summed E-state index contributed by atoms with van der Waals surface area (Å²) >= 11 is 0. The molecule has 1 aromatic carbocycles. The monoisotopic (exact) mass is 235 g/mol. The van der Waals surface area contributed by atoms with Crippen LogP contribution in [0.1, 0.15) is 34.8 Å². The van der Waals surface area contributed by atoms with Crippen LogP contribution in [0.15, 0.2) is 12.1 Å². The SMILES string of the molecule is CCC(NC)C(=O)c1cc(C)c(OC)cc1C. The predicted molar refractivity (Wildman–Crippen MR) is 69.9 cm³/mol. The van der Waals surface area contributed by atoms with Gasteiger partial charge in [-0.15, -0.1) is 0 Å². The Kier molecular flexibility index (Phi) is 4.70. The quantitative estimate of drug-likeness (QED) is 0.797. The zero-order valence-corrected chi connectivity index (χ0v) is 11.3. The van der Waals surface area contributed by atoms with Crippen molar-refractivity contribution in [3.8, 4) is 5.75 Å². The molecule has 1 aromatic rings. The molecule has 0 bridgehead atoms. The molecule has 94 valence electrons. The maximum atomic E-state index is 12.3. The third kappa shape index (κ3) is 2.86. The summed E-state index contributed by atoms with van der Waals surface area (Å²) in [6, 6.07) is 3.73. The lowest BCUT2D eigenvalue weighted by atomic mass is 9.96. The molecule has 3 heteroatoms. The lowest BCUT2D eigenvalue weighted by Crippen LogP contribution is -2.33. The Bertz CT molecular complexity index is 409. The van der Waals surface area contributed by atoms with Gasteiger partial charge in [-0.05, 0) is 50.6 Å². The maximum absolute atomic E-state index is 12.3. The highest BCUT2D eigenvalue weighted by atomic mass is 16.5. The largest absolute Gasteiger partial charge is 0.496 e. The van der Waals surface area contributed by atoms with Gasteiger partial charge in [0.05, 0.1) is 13.2 Å². The molecular formula is C14H21NO2. The molecule has 0 saturated heterocycles. The zero-order chi connectivity index (χ0) is 13.0. The number of carbonyl (C=O) groups excluding carboxylic acids is 1. The normalized spacial score (nSPS) is 12.3. The van der Waals surface area contributed by atoms with E-state index in [4.69, 9.17) is 4.74 Å². The van der Waals surface area contributed by atoms with Gasteiger partial charge < -0.3 is 10.1 Å². The van der Waals surface area contributed by atoms with E-state index in [9.17, 15) is 4.79 Å². The van der Waals surface area contributed by atoms with E-state index in [0.29, 0.717) is 0 Å². The van der Waals surface area contributed by atoms with Crippen molar-refractivity contribution in [1.29, 1.82) is 0 Å². The van der Waals surface area contributed by atoms with E-state index < -0.39 is 0 Å². The van der Waals surface area contributed by atoms with Gasteiger partial charge in [0.2, 0.25) is 0 Å². The maximum Gasteiger partial charge on any atom is 0.179 e. The smallest absolute Gasteiger partial charge is 0.179 e. The van der Waals surface area contributed by atoms with E-state index in [-0.39, 0.29) is 11.8 Å². The third-order valence-electron chi connectivity index (χ3n) is 3.08. The molecule has 1 rings (SSSR count). The molecular weight excluding hydrogens is 214 g/mol. The van der Waals surface area contributed by atoms with E-state index in [0.717, 1.165) is 28.9 Å². The molecule has 1 unspecified atom stereocenters. The Morgan fingerprint density at radius 3 is 2.47 bits per heavy atom. The second kappa shape index (κ2) is 5.82. The predicted octanol–water partition coefficient (Wildman–Crippen LogP) is 2.49. The van der Waals surface area contributed by atoms with Gasteiger partial charge in [0.25, 0.3) is 0 Å². The minimum atomic E-state index is -0.110. The van der Waals surface area contributed by atoms with Crippen molar-refractivity contribution >= 4 is 5.78 Å². The molecule has 0 amide bonds. The van der Waals surface area contributed by atoms with Crippen LogP contribution in [0.2, 0.25) is 0 Å². The summed E-state index contributed by atoms with van der Waals surface area (Å²) in [5.74, 6) is 0.981. The molecule has 0 aliphatic heterocycles. The highest BCUT2D eigenvalue weighted by Crippen LogP contribution is 2.23. The Labute approximate surface area is 103 Å². The highest BCUT2D eigenvalue weighted by molar-refractivity contribution is 6.01. The minimum absolute atomic E-state index is 0.110. The third-order valence-corrected chi connectivity index (χ3v) is 3.08. The average Bonchev–Trinajstić information content (AvgIpc) is 2.32. The molecule has 0 saturated carbocycles. The van der Waals surface area contributed by atoms with Crippen LogP contribution in [-0.4, -0.2) is 26.0 Å². The van der Waals surface area contributed by atoms with Crippen LogP contribution in [0.5, 0.6) is 5.75 Å². The van der Waals surface area contributed by atoms with Gasteiger partial charge >= 0.3 is 0 Å². The van der Waals surface area contributed by atoms with Crippen molar-refractivity contribution in [2.24, 2.45) is 0 Å². The van der Waals surface area contributed by atoms with Crippen LogP contribution in [0.4, 0.5) is 0 Å². The molecule has 17 heavy (non-hydrogen) atoms. The Morgan fingerprint density at radius 2 is 2.00 bits per heavy atom. The van der Waals surface area contributed by atoms with Gasteiger partial charge in [0.1, 0.15) is 5.75 Å². The van der Waals surface area contributed by atoms with Gasteiger partial charge in [-0.2, -0.15) is 0 Å². The van der Waals surface area contributed by atoms with Crippen molar-refractivity contribution in [2.75, 3.05) is 14.2 Å². The van der Waals surface area contributed by atoms with Gasteiger partial charge in [0.15, 0.2) is 5.78 Å². The average molecular weight is 235 g/mol. The van der Waals surface area contributed by atoms with Gasteiger partial charge in [0, 0.05) is 5.56 Å². The molecule has 3 nitrogen and oxygen atoms in total. The molecule has 0 aromatic heterocycles. The number of hydrogen-bond donors (Lipinski definition) is 1. The molecule has 1 atom stereocenters. The van der Waals surface area contributed by atoms with Crippen molar-refractivity contribution in [1.82, 2.24) is 5.32 Å². The van der Waals surface area contributed by atoms with E-state index in [1.807, 2.05) is 40.0 Å². The fourth-order valence-electron chi connectivity index (χ4n) is 1.98. The number of aryl methyl sites for hydroxylation is 2. The van der Waals surface area contributed by atoms with Crippen LogP contribution >= 0.6 is 0 Å². The first-order chi connectivity index (χ1) is 8.04. The molecule has 0 aliphatic rings. The Morgan fingerprint density at radius 1 is 1.35 bits per heavy atom. The van der Waals surface area contributed by atoms with Crippen molar-refractivity contribution in [3.05, 3.63) is 28.8 Å². The number of methoxy groups -OCH3 is 1. The van der Waals surface area contributed by atoms with E-state index in [1.165, 1.54) is 0 Å².